The highest BCUT2D eigenvalue weighted by molar-refractivity contribution is 6.39. The van der Waals surface area contributed by atoms with Crippen LogP contribution < -0.4 is 9.64 Å². The van der Waals surface area contributed by atoms with Crippen LogP contribution in [0.2, 0.25) is 15.1 Å². The number of nitrogens with zero attached hydrogens (tertiary/aromatic N) is 4. The van der Waals surface area contributed by atoms with E-state index in [1.807, 2.05) is 30.3 Å². The number of piperazine rings is 1. The van der Waals surface area contributed by atoms with E-state index in [0.29, 0.717) is 53.0 Å². The maximum absolute atomic E-state index is 14.3. The number of methoxy groups -OCH3 is 1. The molecule has 240 valence electrons. The lowest BCUT2D eigenvalue weighted by Gasteiger charge is -2.41. The minimum atomic E-state index is -0.354. The zero-order valence-electron chi connectivity index (χ0n) is 26.3. The Kier molecular flexibility index (Phi) is 8.96. The van der Waals surface area contributed by atoms with Gasteiger partial charge in [0, 0.05) is 62.1 Å². The Morgan fingerprint density at radius 3 is 2.24 bits per heavy atom. The van der Waals surface area contributed by atoms with Gasteiger partial charge in [-0.2, -0.15) is 0 Å². The van der Waals surface area contributed by atoms with Crippen molar-refractivity contribution in [1.29, 1.82) is 0 Å². The summed E-state index contributed by atoms with van der Waals surface area (Å²) >= 11 is 20.6. The van der Waals surface area contributed by atoms with E-state index in [1.165, 1.54) is 24.1 Å². The van der Waals surface area contributed by atoms with Gasteiger partial charge in [0.15, 0.2) is 0 Å². The van der Waals surface area contributed by atoms with Crippen molar-refractivity contribution in [3.05, 3.63) is 110 Å². The summed E-state index contributed by atoms with van der Waals surface area (Å²) in [7, 11) is 1.67. The molecular weight excluding hydrogens is 642 g/mol. The fourth-order valence-corrected chi connectivity index (χ4v) is 8.46. The van der Waals surface area contributed by atoms with Crippen molar-refractivity contribution >= 4 is 46.2 Å². The number of para-hydroxylation sites is 1. The molecule has 3 aliphatic heterocycles. The van der Waals surface area contributed by atoms with Crippen LogP contribution in [0, 0.1) is 5.82 Å². The number of halogens is 4. The Bertz CT molecular complexity index is 1730. The molecular formula is C37H38Cl3FN4O. The first-order valence-electron chi connectivity index (χ1n) is 15.9. The maximum Gasteiger partial charge on any atom is 0.124 e. The highest BCUT2D eigenvalue weighted by Crippen LogP contribution is 2.46. The standard InChI is InChI=1S/C37H38Cl3FN4O/c1-23(2)44-20-27-16-28(44)19-43(27)18-25-13-31(30-12-9-26(41)15-35(30)40)32-21-42(17-24-7-10-29(46-3)11-8-24)22-45(36(32)14-25)37-33(38)5-4-6-34(37)39/h4-15,23,27-28H,16-22H2,1-3H3. The molecule has 2 saturated heterocycles. The molecule has 4 aromatic rings. The molecule has 3 heterocycles. The Morgan fingerprint density at radius 2 is 1.59 bits per heavy atom. The predicted molar refractivity (Wildman–Crippen MR) is 187 cm³/mol. The van der Waals surface area contributed by atoms with Gasteiger partial charge in [-0.05, 0) is 97.1 Å². The minimum absolute atomic E-state index is 0.354. The second-order valence-corrected chi connectivity index (χ2v) is 14.2. The topological polar surface area (TPSA) is 22.2 Å². The number of rotatable bonds is 8. The maximum atomic E-state index is 14.3. The van der Waals surface area contributed by atoms with Gasteiger partial charge >= 0.3 is 0 Å². The van der Waals surface area contributed by atoms with E-state index < -0.39 is 0 Å². The summed E-state index contributed by atoms with van der Waals surface area (Å²) in [6.07, 6.45) is 1.21. The Hall–Kier alpha value is -2.84. The molecule has 0 aliphatic carbocycles. The number of hydrogen-bond donors (Lipinski definition) is 0. The van der Waals surface area contributed by atoms with Gasteiger partial charge < -0.3 is 9.64 Å². The van der Waals surface area contributed by atoms with E-state index in [1.54, 1.807) is 13.2 Å². The van der Waals surface area contributed by atoms with Crippen molar-refractivity contribution in [2.45, 2.75) is 58.0 Å². The zero-order valence-corrected chi connectivity index (χ0v) is 28.6. The van der Waals surface area contributed by atoms with Crippen LogP contribution in [0.5, 0.6) is 5.75 Å². The predicted octanol–water partition coefficient (Wildman–Crippen LogP) is 9.24. The van der Waals surface area contributed by atoms with Crippen molar-refractivity contribution in [3.8, 4) is 16.9 Å². The molecule has 0 saturated carbocycles. The quantitative estimate of drug-likeness (QED) is 0.185. The SMILES string of the molecule is COc1ccc(CN2Cc3c(-c4ccc(F)cc4Cl)cc(CN4CC5CC4CN5C(C)C)cc3N(c3c(Cl)cccc3Cl)C2)cc1. The normalized spacial score (nSPS) is 20.1. The van der Waals surface area contributed by atoms with Crippen LogP contribution >= 0.6 is 34.8 Å². The Balaban J connectivity index is 1.33. The molecule has 7 rings (SSSR count). The average Bonchev–Trinajstić information content (AvgIpc) is 3.63. The highest BCUT2D eigenvalue weighted by atomic mass is 35.5. The smallest absolute Gasteiger partial charge is 0.124 e. The number of benzene rings is 4. The zero-order chi connectivity index (χ0) is 32.1. The third-order valence-corrected chi connectivity index (χ3v) is 10.7. The van der Waals surface area contributed by atoms with Gasteiger partial charge in [-0.3, -0.25) is 14.7 Å². The van der Waals surface area contributed by atoms with Crippen molar-refractivity contribution in [2.75, 3.05) is 31.8 Å². The summed E-state index contributed by atoms with van der Waals surface area (Å²) in [6, 6.07) is 24.7. The summed E-state index contributed by atoms with van der Waals surface area (Å²) in [5.74, 6) is 0.466. The van der Waals surface area contributed by atoms with Crippen LogP contribution in [0.3, 0.4) is 0 Å². The van der Waals surface area contributed by atoms with E-state index in [0.717, 1.165) is 59.0 Å². The number of fused-ring (bicyclic) bond motifs is 3. The fraction of sp³-hybridized carbons (Fsp3) is 0.351. The Morgan fingerprint density at radius 1 is 0.826 bits per heavy atom. The van der Waals surface area contributed by atoms with Gasteiger partial charge in [-0.1, -0.05) is 53.0 Å². The number of ether oxygens (including phenoxy) is 1. The lowest BCUT2D eigenvalue weighted by molar-refractivity contribution is 0.0998. The average molecular weight is 680 g/mol. The van der Waals surface area contributed by atoms with Crippen LogP contribution in [0.1, 0.15) is 37.0 Å². The molecule has 9 heteroatoms. The van der Waals surface area contributed by atoms with E-state index in [-0.39, 0.29) is 5.82 Å². The minimum Gasteiger partial charge on any atom is -0.497 e. The van der Waals surface area contributed by atoms with Gasteiger partial charge in [-0.15, -0.1) is 0 Å². The summed E-state index contributed by atoms with van der Waals surface area (Å²) in [5, 5.41) is 1.56. The van der Waals surface area contributed by atoms with Crippen molar-refractivity contribution in [3.63, 3.8) is 0 Å². The van der Waals surface area contributed by atoms with Crippen LogP contribution in [0.25, 0.3) is 11.1 Å². The monoisotopic (exact) mass is 678 g/mol. The van der Waals surface area contributed by atoms with E-state index in [9.17, 15) is 4.39 Å². The van der Waals surface area contributed by atoms with Crippen LogP contribution in [0.15, 0.2) is 72.8 Å². The molecule has 0 radical (unpaired) electrons. The summed E-state index contributed by atoms with van der Waals surface area (Å²) in [6.45, 7) is 9.52. The van der Waals surface area contributed by atoms with E-state index in [2.05, 4.69) is 57.7 Å². The molecule has 0 aromatic heterocycles. The molecule has 3 aliphatic rings. The van der Waals surface area contributed by atoms with Crippen molar-refractivity contribution in [2.24, 2.45) is 0 Å². The van der Waals surface area contributed by atoms with Gasteiger partial charge in [0.25, 0.3) is 0 Å². The van der Waals surface area contributed by atoms with Gasteiger partial charge in [0.1, 0.15) is 11.6 Å². The molecule has 0 N–H and O–H groups in total. The summed E-state index contributed by atoms with van der Waals surface area (Å²) in [4.78, 5) is 9.85. The van der Waals surface area contributed by atoms with Crippen molar-refractivity contribution in [1.82, 2.24) is 14.7 Å². The molecule has 0 amide bonds. The molecule has 4 aromatic carbocycles. The first-order chi connectivity index (χ1) is 22.2. The van der Waals surface area contributed by atoms with Crippen LogP contribution in [-0.2, 0) is 19.6 Å². The summed E-state index contributed by atoms with van der Waals surface area (Å²) in [5.41, 5.74) is 7.07. The van der Waals surface area contributed by atoms with Gasteiger partial charge in [0.05, 0.1) is 34.5 Å². The molecule has 2 unspecified atom stereocenters. The fourth-order valence-electron chi connectivity index (χ4n) is 7.59. The molecule has 5 nitrogen and oxygen atoms in total. The summed E-state index contributed by atoms with van der Waals surface area (Å²) < 4.78 is 19.7. The molecule has 0 spiro atoms. The van der Waals surface area contributed by atoms with E-state index in [4.69, 9.17) is 39.5 Å². The first kappa shape index (κ1) is 31.7. The largest absolute Gasteiger partial charge is 0.497 e. The van der Waals surface area contributed by atoms with Crippen molar-refractivity contribution < 1.29 is 9.13 Å². The Labute approximate surface area is 286 Å². The third-order valence-electron chi connectivity index (χ3n) is 9.74. The third kappa shape index (κ3) is 6.12. The molecule has 2 fully saturated rings. The lowest BCUT2D eigenvalue weighted by Crippen LogP contribution is -2.48. The first-order valence-corrected chi connectivity index (χ1v) is 17.0. The lowest BCUT2D eigenvalue weighted by atomic mass is 9.92. The second kappa shape index (κ2) is 13.0. The second-order valence-electron chi connectivity index (χ2n) is 13.0. The van der Waals surface area contributed by atoms with Gasteiger partial charge in [-0.25, -0.2) is 4.39 Å². The number of likely N-dealkylation sites (tertiary alicyclic amines) is 2. The van der Waals surface area contributed by atoms with Gasteiger partial charge in [0.2, 0.25) is 0 Å². The number of anilines is 2. The van der Waals surface area contributed by atoms with Crippen LogP contribution in [-0.4, -0.2) is 59.7 Å². The molecule has 46 heavy (non-hydrogen) atoms. The molecule has 2 atom stereocenters. The number of hydrogen-bond acceptors (Lipinski definition) is 5. The highest BCUT2D eigenvalue weighted by Gasteiger charge is 2.44. The molecule has 2 bridgehead atoms. The van der Waals surface area contributed by atoms with E-state index >= 15 is 0 Å². The van der Waals surface area contributed by atoms with Crippen LogP contribution in [0.4, 0.5) is 15.8 Å².